The van der Waals surface area contributed by atoms with Gasteiger partial charge in [-0.3, -0.25) is 10.5 Å². The molecule has 2 rings (SSSR count). The molecule has 0 aromatic heterocycles. The molecule has 0 aliphatic carbocycles. The first-order valence-electron chi connectivity index (χ1n) is 4.09. The fourth-order valence-electron chi connectivity index (χ4n) is 1.50. The lowest BCUT2D eigenvalue weighted by Crippen LogP contribution is -2.65. The van der Waals surface area contributed by atoms with E-state index in [-0.39, 0.29) is 18.4 Å². The van der Waals surface area contributed by atoms with Crippen LogP contribution in [0.1, 0.15) is 12.8 Å². The van der Waals surface area contributed by atoms with Gasteiger partial charge in [0, 0.05) is 0 Å². The van der Waals surface area contributed by atoms with Crippen molar-refractivity contribution in [3.05, 3.63) is 0 Å². The highest BCUT2D eigenvalue weighted by Crippen LogP contribution is 2.21. The average Bonchev–Trinajstić information content (AvgIpc) is 2.50. The Morgan fingerprint density at radius 1 is 1.67 bits per heavy atom. The minimum absolute atomic E-state index is 0.0914. The molecule has 2 heterocycles. The summed E-state index contributed by atoms with van der Waals surface area (Å²) in [5.74, 6) is -0.0914. The van der Waals surface area contributed by atoms with Crippen molar-refractivity contribution in [1.82, 2.24) is 5.32 Å². The fraction of sp³-hybridized carbons (Fsp3) is 0.857. The molecule has 0 aromatic carbocycles. The molecule has 2 saturated heterocycles. The first-order valence-corrected chi connectivity index (χ1v) is 4.09. The molecule has 0 bridgehead atoms. The van der Waals surface area contributed by atoms with E-state index in [0.717, 1.165) is 19.4 Å². The summed E-state index contributed by atoms with van der Waals surface area (Å²) in [6, 6.07) is -0.140. The molecule has 0 spiro atoms. The van der Waals surface area contributed by atoms with Gasteiger partial charge in [0.1, 0.15) is 6.61 Å². The highest BCUT2D eigenvalue weighted by molar-refractivity contribution is 5.92. The van der Waals surface area contributed by atoms with Crippen molar-refractivity contribution in [1.29, 1.82) is 0 Å². The molecule has 12 heavy (non-hydrogen) atoms. The van der Waals surface area contributed by atoms with Crippen LogP contribution in [0.2, 0.25) is 0 Å². The largest absolute Gasteiger partial charge is 0.307 e. The lowest BCUT2D eigenvalue weighted by Gasteiger charge is -2.35. The molecule has 68 valence electrons. The van der Waals surface area contributed by atoms with Crippen molar-refractivity contribution in [2.75, 3.05) is 13.2 Å². The third-order valence-corrected chi connectivity index (χ3v) is 2.27. The predicted octanol–water partition coefficient (Wildman–Crippen LogP) is -1.08. The lowest BCUT2D eigenvalue weighted by molar-refractivity contribution is -0.453. The van der Waals surface area contributed by atoms with E-state index < -0.39 is 5.72 Å². The van der Waals surface area contributed by atoms with E-state index in [1.165, 1.54) is 0 Å². The third-order valence-electron chi connectivity index (χ3n) is 2.27. The van der Waals surface area contributed by atoms with Crippen LogP contribution < -0.4 is 11.1 Å². The number of nitrogens with one attached hydrogen (secondary N) is 1. The van der Waals surface area contributed by atoms with Crippen LogP contribution in [0.4, 0.5) is 0 Å². The first kappa shape index (κ1) is 8.12. The Morgan fingerprint density at radius 2 is 2.42 bits per heavy atom. The predicted molar refractivity (Wildman–Crippen MR) is 40.0 cm³/mol. The van der Waals surface area contributed by atoms with E-state index in [1.807, 2.05) is 0 Å². The molecule has 0 amide bonds. The van der Waals surface area contributed by atoms with Crippen LogP contribution >= 0.6 is 0 Å². The Balaban J connectivity index is 1.98. The van der Waals surface area contributed by atoms with Crippen molar-refractivity contribution in [3.63, 3.8) is 0 Å². The minimum atomic E-state index is -1.18. The van der Waals surface area contributed by atoms with Crippen molar-refractivity contribution >= 4 is 5.78 Å². The van der Waals surface area contributed by atoms with E-state index in [0.29, 0.717) is 0 Å². The summed E-state index contributed by atoms with van der Waals surface area (Å²) in [7, 11) is 0. The fourth-order valence-corrected chi connectivity index (χ4v) is 1.50. The van der Waals surface area contributed by atoms with Crippen LogP contribution in [0.3, 0.4) is 0 Å². The number of Topliss-reactive ketones (excluding diaryl/α,β-unsaturated/α-hetero) is 1. The van der Waals surface area contributed by atoms with Crippen LogP contribution in [-0.2, 0) is 14.6 Å². The molecule has 2 atom stereocenters. The van der Waals surface area contributed by atoms with Crippen molar-refractivity contribution < 1.29 is 14.6 Å². The smallest absolute Gasteiger partial charge is 0.238 e. The molecule has 0 saturated carbocycles. The Kier molecular flexibility index (Phi) is 1.88. The zero-order chi connectivity index (χ0) is 8.60. The van der Waals surface area contributed by atoms with Gasteiger partial charge in [-0.25, -0.2) is 9.78 Å². The highest BCUT2D eigenvalue weighted by atomic mass is 17.3. The zero-order valence-electron chi connectivity index (χ0n) is 6.71. The Morgan fingerprint density at radius 3 is 2.83 bits per heavy atom. The van der Waals surface area contributed by atoms with Gasteiger partial charge in [0.15, 0.2) is 0 Å². The van der Waals surface area contributed by atoms with E-state index in [9.17, 15) is 4.79 Å². The normalized spacial score (nSPS) is 40.9. The molecule has 2 aliphatic heterocycles. The first-order chi connectivity index (χ1) is 5.72. The minimum Gasteiger partial charge on any atom is -0.307 e. The molecular weight excluding hydrogens is 160 g/mol. The monoisotopic (exact) mass is 172 g/mol. The van der Waals surface area contributed by atoms with E-state index >= 15 is 0 Å². The topological polar surface area (TPSA) is 73.6 Å². The average molecular weight is 172 g/mol. The highest BCUT2D eigenvalue weighted by Gasteiger charge is 2.48. The standard InChI is InChI=1S/C7H12N2O3/c8-7(4-11-12-7)6(10)5-2-1-3-9-5/h5,9H,1-4,8H2/t5-,7?/m0/s1. The molecular formula is C7H12N2O3. The van der Waals surface area contributed by atoms with Crippen LogP contribution in [0.25, 0.3) is 0 Å². The lowest BCUT2D eigenvalue weighted by atomic mass is 10.0. The number of ketones is 1. The summed E-state index contributed by atoms with van der Waals surface area (Å²) in [4.78, 5) is 20.6. The van der Waals surface area contributed by atoms with Gasteiger partial charge in [0.05, 0.1) is 6.04 Å². The van der Waals surface area contributed by atoms with Gasteiger partial charge < -0.3 is 5.32 Å². The maximum atomic E-state index is 11.6. The second-order valence-electron chi connectivity index (χ2n) is 3.25. The van der Waals surface area contributed by atoms with Crippen molar-refractivity contribution in [2.45, 2.75) is 24.6 Å². The molecule has 0 aromatic rings. The van der Waals surface area contributed by atoms with Gasteiger partial charge >= 0.3 is 0 Å². The molecule has 5 heteroatoms. The number of hydrogen-bond donors (Lipinski definition) is 2. The molecule has 5 nitrogen and oxygen atoms in total. The zero-order valence-corrected chi connectivity index (χ0v) is 6.71. The summed E-state index contributed by atoms with van der Waals surface area (Å²) in [5, 5.41) is 3.07. The van der Waals surface area contributed by atoms with Crippen molar-refractivity contribution in [2.24, 2.45) is 5.73 Å². The molecule has 1 unspecified atom stereocenters. The number of hydrogen-bond acceptors (Lipinski definition) is 5. The van der Waals surface area contributed by atoms with Crippen LogP contribution in [0, 0.1) is 0 Å². The summed E-state index contributed by atoms with van der Waals surface area (Å²) in [6.45, 7) is 1.05. The van der Waals surface area contributed by atoms with Gasteiger partial charge in [-0.1, -0.05) is 0 Å². The summed E-state index contributed by atoms with van der Waals surface area (Å²) >= 11 is 0. The second-order valence-corrected chi connectivity index (χ2v) is 3.25. The second kappa shape index (κ2) is 2.77. The molecule has 2 aliphatic rings. The van der Waals surface area contributed by atoms with E-state index in [1.54, 1.807) is 0 Å². The van der Waals surface area contributed by atoms with Crippen LogP contribution in [0.5, 0.6) is 0 Å². The van der Waals surface area contributed by atoms with Gasteiger partial charge in [0.2, 0.25) is 11.5 Å². The number of carbonyl (C=O) groups excluding carboxylic acids is 1. The molecule has 0 radical (unpaired) electrons. The number of carbonyl (C=O) groups is 1. The number of nitrogens with two attached hydrogens (primary N) is 1. The van der Waals surface area contributed by atoms with E-state index in [4.69, 9.17) is 5.73 Å². The Hall–Kier alpha value is -0.490. The summed E-state index contributed by atoms with van der Waals surface area (Å²) in [5.41, 5.74) is 4.41. The van der Waals surface area contributed by atoms with Gasteiger partial charge in [-0.15, -0.1) is 0 Å². The van der Waals surface area contributed by atoms with Crippen LogP contribution in [0.15, 0.2) is 0 Å². The quantitative estimate of drug-likeness (QED) is 0.518. The molecule has 3 N–H and O–H groups in total. The maximum absolute atomic E-state index is 11.6. The van der Waals surface area contributed by atoms with Crippen LogP contribution in [-0.4, -0.2) is 30.7 Å². The van der Waals surface area contributed by atoms with E-state index in [2.05, 4.69) is 15.1 Å². The van der Waals surface area contributed by atoms with Gasteiger partial charge in [-0.05, 0) is 19.4 Å². The SMILES string of the molecule is NC1(C(=O)[C@@H]2CCCN2)COO1. The van der Waals surface area contributed by atoms with Gasteiger partial charge in [0.25, 0.3) is 0 Å². The Labute approximate surface area is 70.1 Å². The summed E-state index contributed by atoms with van der Waals surface area (Å²) < 4.78 is 0. The number of rotatable bonds is 2. The Bertz CT molecular complexity index is 197. The third kappa shape index (κ3) is 1.15. The molecule has 2 fully saturated rings. The maximum Gasteiger partial charge on any atom is 0.238 e. The van der Waals surface area contributed by atoms with Crippen molar-refractivity contribution in [3.8, 4) is 0 Å². The summed E-state index contributed by atoms with van der Waals surface area (Å²) in [6.07, 6.45) is 1.87. The van der Waals surface area contributed by atoms with Gasteiger partial charge in [-0.2, -0.15) is 0 Å².